The van der Waals surface area contributed by atoms with Gasteiger partial charge in [0.15, 0.2) is 5.69 Å². The molecule has 0 spiro atoms. The van der Waals surface area contributed by atoms with Crippen LogP contribution in [0.3, 0.4) is 0 Å². The van der Waals surface area contributed by atoms with Crippen molar-refractivity contribution in [2.24, 2.45) is 0 Å². The number of hydrogen-bond donors (Lipinski definition) is 1. The maximum absolute atomic E-state index is 11.2. The molecule has 0 aliphatic carbocycles. The maximum atomic E-state index is 11.2. The Morgan fingerprint density at radius 2 is 2.30 bits per heavy atom. The van der Waals surface area contributed by atoms with Gasteiger partial charge in [-0.1, -0.05) is 12.1 Å². The summed E-state index contributed by atoms with van der Waals surface area (Å²) in [4.78, 5) is 15.2. The molecule has 3 rings (SSSR count). The molecule has 1 aliphatic heterocycles. The lowest BCUT2D eigenvalue weighted by Crippen LogP contribution is -2.16. The first-order chi connectivity index (χ1) is 9.63. The predicted molar refractivity (Wildman–Crippen MR) is 76.6 cm³/mol. The highest BCUT2D eigenvalue weighted by Crippen LogP contribution is 2.31. The molecule has 1 N–H and O–H groups in total. The lowest BCUT2D eigenvalue weighted by atomic mass is 9.91. The minimum atomic E-state index is -0.958. The number of fused-ring (bicyclic) bond motifs is 3. The normalized spacial score (nSPS) is 12.7. The standard InChI is InChI=1S/C16H16N2O2/c1-3-4-11-10(2)5-7-13-12(11)6-8-14-15(16(19)20)17-9-18(13)14/h3,5,7,9H,1,4,6,8H2,2H3,(H,19,20). The van der Waals surface area contributed by atoms with Crippen molar-refractivity contribution in [2.45, 2.75) is 26.2 Å². The van der Waals surface area contributed by atoms with Gasteiger partial charge in [-0.15, -0.1) is 6.58 Å². The molecule has 1 aliphatic rings. The Labute approximate surface area is 117 Å². The second kappa shape index (κ2) is 4.63. The van der Waals surface area contributed by atoms with E-state index in [1.54, 1.807) is 6.33 Å². The fraction of sp³-hybridized carbons (Fsp3) is 0.250. The molecule has 0 saturated carbocycles. The molecular formula is C16H16N2O2. The van der Waals surface area contributed by atoms with Crippen LogP contribution < -0.4 is 0 Å². The number of carboxylic acids is 1. The van der Waals surface area contributed by atoms with Crippen LogP contribution in [0.2, 0.25) is 0 Å². The topological polar surface area (TPSA) is 55.1 Å². The van der Waals surface area contributed by atoms with Gasteiger partial charge >= 0.3 is 5.97 Å². The molecule has 0 fully saturated rings. The van der Waals surface area contributed by atoms with Crippen molar-refractivity contribution >= 4 is 5.97 Å². The number of hydrogen-bond acceptors (Lipinski definition) is 2. The average molecular weight is 268 g/mol. The molecule has 4 heteroatoms. The summed E-state index contributed by atoms with van der Waals surface area (Å²) in [7, 11) is 0. The largest absolute Gasteiger partial charge is 0.476 e. The minimum Gasteiger partial charge on any atom is -0.476 e. The van der Waals surface area contributed by atoms with Crippen molar-refractivity contribution in [3.8, 4) is 5.69 Å². The second-order valence-electron chi connectivity index (χ2n) is 5.07. The van der Waals surface area contributed by atoms with Gasteiger partial charge in [0.05, 0.1) is 11.4 Å². The van der Waals surface area contributed by atoms with Crippen molar-refractivity contribution < 1.29 is 9.90 Å². The van der Waals surface area contributed by atoms with Crippen LogP contribution >= 0.6 is 0 Å². The van der Waals surface area contributed by atoms with Crippen molar-refractivity contribution in [1.82, 2.24) is 9.55 Å². The molecule has 2 aromatic rings. The van der Waals surface area contributed by atoms with Crippen LogP contribution in [-0.2, 0) is 19.3 Å². The molecule has 2 heterocycles. The molecule has 1 aromatic heterocycles. The molecular weight excluding hydrogens is 252 g/mol. The molecule has 0 bridgehead atoms. The fourth-order valence-corrected chi connectivity index (χ4v) is 2.97. The van der Waals surface area contributed by atoms with Crippen molar-refractivity contribution in [3.05, 3.63) is 59.2 Å². The minimum absolute atomic E-state index is 0.168. The molecule has 102 valence electrons. The van der Waals surface area contributed by atoms with Gasteiger partial charge in [-0.05, 0) is 48.9 Å². The third-order valence-corrected chi connectivity index (χ3v) is 3.93. The van der Waals surface area contributed by atoms with Gasteiger partial charge in [0, 0.05) is 0 Å². The Morgan fingerprint density at radius 1 is 1.50 bits per heavy atom. The molecule has 4 nitrogen and oxygen atoms in total. The van der Waals surface area contributed by atoms with Crippen LogP contribution in [-0.4, -0.2) is 20.6 Å². The number of aryl methyl sites for hydroxylation is 1. The zero-order chi connectivity index (χ0) is 14.3. The van der Waals surface area contributed by atoms with Crippen LogP contribution in [0.15, 0.2) is 31.1 Å². The molecule has 0 atom stereocenters. The highest BCUT2D eigenvalue weighted by atomic mass is 16.4. The molecule has 0 saturated heterocycles. The Morgan fingerprint density at radius 3 is 3.00 bits per heavy atom. The maximum Gasteiger partial charge on any atom is 0.356 e. The number of nitrogens with zero attached hydrogens (tertiary/aromatic N) is 2. The summed E-state index contributed by atoms with van der Waals surface area (Å²) in [5.74, 6) is -0.958. The predicted octanol–water partition coefficient (Wildman–Crippen LogP) is 2.71. The number of imidazole rings is 1. The second-order valence-corrected chi connectivity index (χ2v) is 5.07. The molecule has 0 amide bonds. The average Bonchev–Trinajstić information content (AvgIpc) is 2.86. The van der Waals surface area contributed by atoms with Gasteiger partial charge in [0.2, 0.25) is 0 Å². The summed E-state index contributed by atoms with van der Waals surface area (Å²) in [6.07, 6.45) is 5.93. The smallest absolute Gasteiger partial charge is 0.356 e. The summed E-state index contributed by atoms with van der Waals surface area (Å²) in [5, 5.41) is 9.17. The van der Waals surface area contributed by atoms with E-state index in [1.807, 2.05) is 16.7 Å². The van der Waals surface area contributed by atoms with Gasteiger partial charge in [-0.2, -0.15) is 0 Å². The lowest BCUT2D eigenvalue weighted by molar-refractivity contribution is 0.0689. The monoisotopic (exact) mass is 268 g/mol. The van der Waals surface area contributed by atoms with Crippen LogP contribution in [0.5, 0.6) is 0 Å². The third-order valence-electron chi connectivity index (χ3n) is 3.93. The molecule has 0 radical (unpaired) electrons. The Bertz CT molecular complexity index is 714. The Hall–Kier alpha value is -2.36. The molecule has 0 unspecified atom stereocenters. The van der Waals surface area contributed by atoms with E-state index >= 15 is 0 Å². The van der Waals surface area contributed by atoms with Gasteiger partial charge in [-0.3, -0.25) is 0 Å². The first-order valence-electron chi connectivity index (χ1n) is 6.65. The molecule has 1 aromatic carbocycles. The number of rotatable bonds is 3. The van der Waals surface area contributed by atoms with Gasteiger partial charge < -0.3 is 9.67 Å². The summed E-state index contributed by atoms with van der Waals surface area (Å²) in [6, 6.07) is 4.13. The van der Waals surface area contributed by atoms with Crippen LogP contribution in [0.1, 0.15) is 32.9 Å². The highest BCUT2D eigenvalue weighted by Gasteiger charge is 2.24. The first-order valence-corrected chi connectivity index (χ1v) is 6.65. The van der Waals surface area contributed by atoms with Gasteiger partial charge in [0.25, 0.3) is 0 Å². The van der Waals surface area contributed by atoms with Gasteiger partial charge in [0.1, 0.15) is 6.33 Å². The highest BCUT2D eigenvalue weighted by molar-refractivity contribution is 5.87. The van der Waals surface area contributed by atoms with E-state index in [0.717, 1.165) is 24.2 Å². The van der Waals surface area contributed by atoms with E-state index in [-0.39, 0.29) is 5.69 Å². The third kappa shape index (κ3) is 1.76. The zero-order valence-electron chi connectivity index (χ0n) is 11.4. The van der Waals surface area contributed by atoms with E-state index in [0.29, 0.717) is 6.42 Å². The van der Waals surface area contributed by atoms with Crippen LogP contribution in [0.4, 0.5) is 0 Å². The van der Waals surface area contributed by atoms with Crippen molar-refractivity contribution in [1.29, 1.82) is 0 Å². The quantitative estimate of drug-likeness (QED) is 0.871. The number of aromatic carboxylic acids is 1. The number of carbonyl (C=O) groups is 1. The van der Waals surface area contributed by atoms with Gasteiger partial charge in [-0.25, -0.2) is 9.78 Å². The van der Waals surface area contributed by atoms with Crippen molar-refractivity contribution in [2.75, 3.05) is 0 Å². The van der Waals surface area contributed by atoms with E-state index in [2.05, 4.69) is 24.6 Å². The first kappa shape index (κ1) is 12.7. The lowest BCUT2D eigenvalue weighted by Gasteiger charge is -2.23. The van der Waals surface area contributed by atoms with E-state index < -0.39 is 5.97 Å². The van der Waals surface area contributed by atoms with E-state index in [9.17, 15) is 9.90 Å². The zero-order valence-corrected chi connectivity index (χ0v) is 11.4. The number of benzene rings is 1. The number of carboxylic acid groups (broad SMARTS) is 1. The Balaban J connectivity index is 2.21. The summed E-state index contributed by atoms with van der Waals surface area (Å²) in [5.41, 5.74) is 5.85. The molecule has 20 heavy (non-hydrogen) atoms. The summed E-state index contributed by atoms with van der Waals surface area (Å²) in [6.45, 7) is 5.92. The van der Waals surface area contributed by atoms with E-state index in [4.69, 9.17) is 0 Å². The fourth-order valence-electron chi connectivity index (χ4n) is 2.97. The number of aromatic nitrogens is 2. The summed E-state index contributed by atoms with van der Waals surface area (Å²) >= 11 is 0. The summed E-state index contributed by atoms with van der Waals surface area (Å²) < 4.78 is 1.91. The SMILES string of the molecule is C=CCc1c(C)ccc2c1CCc1c(C(=O)O)ncn1-2. The van der Waals surface area contributed by atoms with Crippen LogP contribution in [0.25, 0.3) is 5.69 Å². The van der Waals surface area contributed by atoms with E-state index in [1.165, 1.54) is 16.7 Å². The number of allylic oxidation sites excluding steroid dienone is 1. The van der Waals surface area contributed by atoms with Crippen LogP contribution in [0, 0.1) is 6.92 Å². The van der Waals surface area contributed by atoms with Crippen molar-refractivity contribution in [3.63, 3.8) is 0 Å². The Kier molecular flexibility index (Phi) is 2.93.